The molecule has 8 nitrogen and oxygen atoms in total. The van der Waals surface area contributed by atoms with Gasteiger partial charge in [0.05, 0.1) is 40.5 Å². The van der Waals surface area contributed by atoms with Crippen molar-refractivity contribution in [1.29, 1.82) is 0 Å². The number of hydrogen-bond donors (Lipinski definition) is 1. The van der Waals surface area contributed by atoms with Gasteiger partial charge < -0.3 is 24.3 Å². The standard InChI is InChI=1S/C27H27N3O5/c1-32-21-12-8-11-19(13-21)25-22(17-30(29-25)16-18-9-6-5-7-10-18)27(31)28-20-14-23(33-2)26(35-4)24(15-20)34-3/h5-15,17H,16H2,1-4H3,(H,28,31). The Kier molecular flexibility index (Phi) is 7.21. The summed E-state index contributed by atoms with van der Waals surface area (Å²) in [5.74, 6) is 1.68. The van der Waals surface area contributed by atoms with Crippen molar-refractivity contribution < 1.29 is 23.7 Å². The summed E-state index contributed by atoms with van der Waals surface area (Å²) in [6, 6.07) is 20.8. The Bertz CT molecular complexity index is 1290. The van der Waals surface area contributed by atoms with E-state index in [-0.39, 0.29) is 5.91 Å². The molecule has 180 valence electrons. The van der Waals surface area contributed by atoms with Gasteiger partial charge in [-0.2, -0.15) is 5.10 Å². The average Bonchev–Trinajstić information content (AvgIpc) is 3.32. The summed E-state index contributed by atoms with van der Waals surface area (Å²) in [5.41, 5.74) is 3.31. The summed E-state index contributed by atoms with van der Waals surface area (Å²) in [7, 11) is 6.18. The summed E-state index contributed by atoms with van der Waals surface area (Å²) in [6.45, 7) is 0.523. The van der Waals surface area contributed by atoms with Crippen LogP contribution in [0.15, 0.2) is 72.9 Å². The van der Waals surface area contributed by atoms with Gasteiger partial charge in [0.1, 0.15) is 11.4 Å². The zero-order chi connectivity index (χ0) is 24.8. The SMILES string of the molecule is COc1cccc(-c2nn(Cc3ccccc3)cc2C(=O)Nc2cc(OC)c(OC)c(OC)c2)c1. The molecule has 1 N–H and O–H groups in total. The average molecular weight is 474 g/mol. The highest BCUT2D eigenvalue weighted by atomic mass is 16.5. The van der Waals surface area contributed by atoms with Crippen LogP contribution >= 0.6 is 0 Å². The zero-order valence-corrected chi connectivity index (χ0v) is 20.1. The van der Waals surface area contributed by atoms with E-state index in [0.717, 1.165) is 11.1 Å². The zero-order valence-electron chi connectivity index (χ0n) is 20.1. The van der Waals surface area contributed by atoms with Crippen LogP contribution in [-0.2, 0) is 6.54 Å². The van der Waals surface area contributed by atoms with Gasteiger partial charge >= 0.3 is 0 Å². The number of carbonyl (C=O) groups is 1. The number of carbonyl (C=O) groups excluding carboxylic acids is 1. The molecule has 8 heteroatoms. The lowest BCUT2D eigenvalue weighted by molar-refractivity contribution is 0.102. The third-order valence-electron chi connectivity index (χ3n) is 5.46. The van der Waals surface area contributed by atoms with E-state index in [1.54, 1.807) is 30.1 Å². The fourth-order valence-electron chi connectivity index (χ4n) is 3.77. The van der Waals surface area contributed by atoms with Crippen molar-refractivity contribution >= 4 is 11.6 Å². The van der Waals surface area contributed by atoms with Crippen molar-refractivity contribution in [2.45, 2.75) is 6.54 Å². The molecule has 0 aliphatic carbocycles. The molecule has 4 aromatic rings. The summed E-state index contributed by atoms with van der Waals surface area (Å²) in [5, 5.41) is 7.68. The molecule has 0 spiro atoms. The molecule has 3 aromatic carbocycles. The number of aromatic nitrogens is 2. The second-order valence-corrected chi connectivity index (χ2v) is 7.67. The van der Waals surface area contributed by atoms with Crippen LogP contribution in [0.5, 0.6) is 23.0 Å². The van der Waals surface area contributed by atoms with Crippen molar-refractivity contribution in [3.63, 3.8) is 0 Å². The van der Waals surface area contributed by atoms with Gasteiger partial charge in [-0.15, -0.1) is 0 Å². The normalized spacial score (nSPS) is 10.5. The van der Waals surface area contributed by atoms with Crippen LogP contribution in [0.1, 0.15) is 15.9 Å². The predicted molar refractivity (Wildman–Crippen MR) is 134 cm³/mol. The number of nitrogens with zero attached hydrogens (tertiary/aromatic N) is 2. The Morgan fingerprint density at radius 2 is 1.57 bits per heavy atom. The molecule has 0 atom stereocenters. The molecule has 0 unspecified atom stereocenters. The fraction of sp³-hybridized carbons (Fsp3) is 0.185. The molecule has 0 saturated heterocycles. The molecule has 0 aliphatic rings. The molecule has 1 aromatic heterocycles. The molecule has 0 fully saturated rings. The van der Waals surface area contributed by atoms with Crippen LogP contribution in [0.25, 0.3) is 11.3 Å². The molecule has 35 heavy (non-hydrogen) atoms. The Labute approximate surface area is 204 Å². The molecular formula is C27H27N3O5. The Hall–Kier alpha value is -4.46. The summed E-state index contributed by atoms with van der Waals surface area (Å²) in [4.78, 5) is 13.5. The van der Waals surface area contributed by atoms with Gasteiger partial charge in [-0.05, 0) is 17.7 Å². The van der Waals surface area contributed by atoms with Gasteiger partial charge in [0.25, 0.3) is 5.91 Å². The van der Waals surface area contributed by atoms with Crippen LogP contribution in [0.2, 0.25) is 0 Å². The van der Waals surface area contributed by atoms with Crippen LogP contribution in [0.3, 0.4) is 0 Å². The Balaban J connectivity index is 1.72. The molecule has 0 bridgehead atoms. The highest BCUT2D eigenvalue weighted by Crippen LogP contribution is 2.40. The molecule has 0 saturated carbocycles. The number of anilines is 1. The lowest BCUT2D eigenvalue weighted by atomic mass is 10.1. The third kappa shape index (κ3) is 5.22. The maximum absolute atomic E-state index is 13.5. The summed E-state index contributed by atoms with van der Waals surface area (Å²) < 4.78 is 23.3. The minimum Gasteiger partial charge on any atom is -0.497 e. The monoisotopic (exact) mass is 473 g/mol. The van der Waals surface area contributed by atoms with Gasteiger partial charge in [-0.1, -0.05) is 42.5 Å². The third-order valence-corrected chi connectivity index (χ3v) is 5.46. The lowest BCUT2D eigenvalue weighted by Gasteiger charge is -2.14. The first kappa shape index (κ1) is 23.7. The van der Waals surface area contributed by atoms with Crippen LogP contribution in [0.4, 0.5) is 5.69 Å². The van der Waals surface area contributed by atoms with Gasteiger partial charge in [-0.25, -0.2) is 0 Å². The molecule has 4 rings (SSSR count). The van der Waals surface area contributed by atoms with E-state index in [9.17, 15) is 4.79 Å². The van der Waals surface area contributed by atoms with Crippen LogP contribution in [-0.4, -0.2) is 44.1 Å². The van der Waals surface area contributed by atoms with Gasteiger partial charge in [0.15, 0.2) is 11.5 Å². The summed E-state index contributed by atoms with van der Waals surface area (Å²) in [6.07, 6.45) is 1.75. The van der Waals surface area contributed by atoms with E-state index in [4.69, 9.17) is 24.0 Å². The maximum atomic E-state index is 13.5. The minimum absolute atomic E-state index is 0.323. The van der Waals surface area contributed by atoms with Crippen LogP contribution < -0.4 is 24.3 Å². The van der Waals surface area contributed by atoms with Crippen molar-refractivity contribution in [2.24, 2.45) is 0 Å². The van der Waals surface area contributed by atoms with E-state index in [1.807, 2.05) is 54.6 Å². The van der Waals surface area contributed by atoms with Gasteiger partial charge in [0.2, 0.25) is 5.75 Å². The number of nitrogens with one attached hydrogen (secondary N) is 1. The van der Waals surface area contributed by atoms with Crippen LogP contribution in [0, 0.1) is 0 Å². The number of amides is 1. The van der Waals surface area contributed by atoms with E-state index >= 15 is 0 Å². The first-order valence-corrected chi connectivity index (χ1v) is 10.9. The quantitative estimate of drug-likeness (QED) is 0.373. The largest absolute Gasteiger partial charge is 0.497 e. The van der Waals surface area contributed by atoms with Gasteiger partial charge in [0, 0.05) is 29.6 Å². The number of hydrogen-bond acceptors (Lipinski definition) is 6. The summed E-state index contributed by atoms with van der Waals surface area (Å²) >= 11 is 0. The van der Waals surface area contributed by atoms with E-state index in [2.05, 4.69) is 5.32 Å². The maximum Gasteiger partial charge on any atom is 0.259 e. The molecule has 0 aliphatic heterocycles. The van der Waals surface area contributed by atoms with Gasteiger partial charge in [-0.3, -0.25) is 9.48 Å². The Morgan fingerprint density at radius 3 is 2.20 bits per heavy atom. The second-order valence-electron chi connectivity index (χ2n) is 7.67. The smallest absolute Gasteiger partial charge is 0.259 e. The number of ether oxygens (including phenoxy) is 4. The van der Waals surface area contributed by atoms with E-state index in [1.165, 1.54) is 21.3 Å². The lowest BCUT2D eigenvalue weighted by Crippen LogP contribution is -2.13. The van der Waals surface area contributed by atoms with Crippen molar-refractivity contribution in [3.8, 4) is 34.3 Å². The number of rotatable bonds is 9. The predicted octanol–water partition coefficient (Wildman–Crippen LogP) is 4.89. The first-order valence-electron chi connectivity index (χ1n) is 10.9. The molecule has 1 heterocycles. The van der Waals surface area contributed by atoms with Crippen molar-refractivity contribution in [1.82, 2.24) is 9.78 Å². The van der Waals surface area contributed by atoms with Crippen molar-refractivity contribution in [3.05, 3.63) is 84.1 Å². The van der Waals surface area contributed by atoms with Crippen molar-refractivity contribution in [2.75, 3.05) is 33.8 Å². The second kappa shape index (κ2) is 10.6. The number of methoxy groups -OCH3 is 4. The Morgan fingerprint density at radius 1 is 0.857 bits per heavy atom. The first-order chi connectivity index (χ1) is 17.1. The molecule has 1 amide bonds. The van der Waals surface area contributed by atoms with E-state index < -0.39 is 0 Å². The topological polar surface area (TPSA) is 83.8 Å². The highest BCUT2D eigenvalue weighted by Gasteiger charge is 2.21. The number of benzene rings is 3. The van der Waals surface area contributed by atoms with E-state index in [0.29, 0.717) is 46.5 Å². The minimum atomic E-state index is -0.323. The molecular weight excluding hydrogens is 446 g/mol. The highest BCUT2D eigenvalue weighted by molar-refractivity contribution is 6.08. The molecule has 0 radical (unpaired) electrons. The fourth-order valence-corrected chi connectivity index (χ4v) is 3.77.